The summed E-state index contributed by atoms with van der Waals surface area (Å²) < 4.78 is 19.8. The molecule has 1 aromatic rings. The van der Waals surface area contributed by atoms with E-state index in [-0.39, 0.29) is 24.2 Å². The first-order chi connectivity index (χ1) is 15.8. The molecule has 0 fully saturated rings. The summed E-state index contributed by atoms with van der Waals surface area (Å²) in [5, 5.41) is 7.02. The topological polar surface area (TPSA) is 92.8 Å². The molecular weight excluding hydrogens is 427 g/mol. The van der Waals surface area contributed by atoms with Gasteiger partial charge < -0.3 is 15.4 Å². The molecule has 0 saturated carbocycles. The molecule has 9 heteroatoms. The van der Waals surface area contributed by atoms with Gasteiger partial charge in [-0.15, -0.1) is 0 Å². The molecule has 33 heavy (non-hydrogen) atoms. The number of ether oxygens (including phenoxy) is 1. The van der Waals surface area contributed by atoms with E-state index < -0.39 is 6.10 Å². The van der Waals surface area contributed by atoms with Crippen LogP contribution in [-0.2, 0) is 21.0 Å². The third-order valence-corrected chi connectivity index (χ3v) is 5.17. The fourth-order valence-electron chi connectivity index (χ4n) is 3.40. The smallest absolute Gasteiger partial charge is 0.266 e. The van der Waals surface area contributed by atoms with Crippen molar-refractivity contribution in [1.82, 2.24) is 15.4 Å². The highest BCUT2D eigenvalue weighted by Crippen LogP contribution is 2.28. The van der Waals surface area contributed by atoms with Gasteiger partial charge in [0.05, 0.1) is 18.8 Å². The fourth-order valence-corrected chi connectivity index (χ4v) is 3.40. The Balaban J connectivity index is 1.68. The molecule has 1 aromatic heterocycles. The van der Waals surface area contributed by atoms with Crippen LogP contribution in [0.1, 0.15) is 32.9 Å². The molecule has 0 bridgehead atoms. The van der Waals surface area contributed by atoms with Gasteiger partial charge in [-0.1, -0.05) is 25.2 Å². The molecule has 2 amide bonds. The predicted molar refractivity (Wildman–Crippen MR) is 123 cm³/mol. The van der Waals surface area contributed by atoms with Gasteiger partial charge in [-0.25, -0.2) is 9.37 Å². The van der Waals surface area contributed by atoms with Crippen LogP contribution in [0.3, 0.4) is 0 Å². The molecule has 8 nitrogen and oxygen atoms in total. The Bertz CT molecular complexity index is 1040. The lowest BCUT2D eigenvalue weighted by atomic mass is 10.0. The second kappa shape index (κ2) is 11.0. The number of halogens is 1. The molecule has 1 unspecified atom stereocenters. The lowest BCUT2D eigenvalue weighted by Gasteiger charge is -2.27. The number of likely N-dealkylation sites (N-methyl/N-ethyl adjacent to an activating group) is 1. The van der Waals surface area contributed by atoms with Gasteiger partial charge in [0.1, 0.15) is 5.83 Å². The average molecular weight is 457 g/mol. The van der Waals surface area contributed by atoms with Gasteiger partial charge in [0, 0.05) is 24.7 Å². The minimum absolute atomic E-state index is 0.177. The van der Waals surface area contributed by atoms with Crippen LogP contribution in [0.15, 0.2) is 59.0 Å². The lowest BCUT2D eigenvalue weighted by molar-refractivity contribution is -0.157. The first-order valence-corrected chi connectivity index (χ1v) is 10.8. The number of hydroxylamine groups is 2. The number of aromatic nitrogens is 1. The molecule has 0 saturated heterocycles. The summed E-state index contributed by atoms with van der Waals surface area (Å²) in [5.41, 5.74) is 2.26. The summed E-state index contributed by atoms with van der Waals surface area (Å²) in [6, 6.07) is 3.58. The minimum atomic E-state index is -0.556. The van der Waals surface area contributed by atoms with Gasteiger partial charge in [-0.05, 0) is 44.1 Å². The third kappa shape index (κ3) is 6.15. The SMILES string of the molecule is CC/C=C(/C=C\C(C1=CCN(Cc2ccc3c(n2)NC(=O)C(C)O3)OC1)=C(/C)F)C(=O)NC. The number of amides is 2. The molecule has 176 valence electrons. The van der Waals surface area contributed by atoms with Crippen molar-refractivity contribution in [3.63, 3.8) is 0 Å². The number of fused-ring (bicyclic) bond motifs is 1. The molecule has 2 aliphatic heterocycles. The summed E-state index contributed by atoms with van der Waals surface area (Å²) in [4.78, 5) is 34.0. The maximum atomic E-state index is 14.3. The normalized spacial score (nSPS) is 19.9. The minimum Gasteiger partial charge on any atom is -0.477 e. The van der Waals surface area contributed by atoms with Crippen LogP contribution in [0.2, 0.25) is 0 Å². The molecular formula is C24H29FN4O4. The highest BCUT2D eigenvalue weighted by molar-refractivity contribution is 5.96. The fraction of sp³-hybridized carbons (Fsp3) is 0.375. The molecule has 0 aromatic carbocycles. The zero-order valence-electron chi connectivity index (χ0n) is 19.3. The quantitative estimate of drug-likeness (QED) is 0.483. The first kappa shape index (κ1) is 24.3. The molecule has 0 spiro atoms. The second-order valence-corrected chi connectivity index (χ2v) is 7.65. The van der Waals surface area contributed by atoms with Crippen molar-refractivity contribution < 1.29 is 23.6 Å². The lowest BCUT2D eigenvalue weighted by Crippen LogP contribution is -2.35. The Morgan fingerprint density at radius 1 is 1.39 bits per heavy atom. The Labute approximate surface area is 192 Å². The van der Waals surface area contributed by atoms with E-state index in [1.165, 1.54) is 6.92 Å². The molecule has 0 aliphatic carbocycles. The van der Waals surface area contributed by atoms with E-state index in [2.05, 4.69) is 15.6 Å². The first-order valence-electron chi connectivity index (χ1n) is 10.8. The van der Waals surface area contributed by atoms with Gasteiger partial charge in [-0.2, -0.15) is 5.06 Å². The summed E-state index contributed by atoms with van der Waals surface area (Å²) >= 11 is 0. The zero-order chi connectivity index (χ0) is 24.0. The van der Waals surface area contributed by atoms with Crippen molar-refractivity contribution >= 4 is 17.6 Å². The zero-order valence-corrected chi connectivity index (χ0v) is 19.3. The molecule has 1 atom stereocenters. The van der Waals surface area contributed by atoms with E-state index in [1.807, 2.05) is 19.1 Å². The predicted octanol–water partition coefficient (Wildman–Crippen LogP) is 3.36. The van der Waals surface area contributed by atoms with Gasteiger partial charge in [0.2, 0.25) is 0 Å². The third-order valence-electron chi connectivity index (χ3n) is 5.17. The van der Waals surface area contributed by atoms with Crippen LogP contribution in [-0.4, -0.2) is 48.2 Å². The van der Waals surface area contributed by atoms with Crippen molar-refractivity contribution in [2.75, 3.05) is 25.5 Å². The van der Waals surface area contributed by atoms with Gasteiger partial charge >= 0.3 is 0 Å². The number of nitrogens with one attached hydrogen (secondary N) is 2. The van der Waals surface area contributed by atoms with E-state index in [0.717, 1.165) is 0 Å². The Morgan fingerprint density at radius 2 is 2.18 bits per heavy atom. The molecule has 2 aliphatic rings. The van der Waals surface area contributed by atoms with Gasteiger partial charge in [0.25, 0.3) is 11.8 Å². The molecule has 0 radical (unpaired) electrons. The maximum Gasteiger partial charge on any atom is 0.266 e. The van der Waals surface area contributed by atoms with Crippen LogP contribution in [0.5, 0.6) is 5.75 Å². The average Bonchev–Trinajstić information content (AvgIpc) is 2.79. The molecule has 3 rings (SSSR count). The van der Waals surface area contributed by atoms with E-state index >= 15 is 0 Å². The van der Waals surface area contributed by atoms with E-state index in [4.69, 9.17) is 9.57 Å². The van der Waals surface area contributed by atoms with Crippen molar-refractivity contribution in [3.05, 3.63) is 64.7 Å². The largest absolute Gasteiger partial charge is 0.477 e. The van der Waals surface area contributed by atoms with Gasteiger partial charge in [-0.3, -0.25) is 14.4 Å². The van der Waals surface area contributed by atoms with Crippen LogP contribution in [0, 0.1) is 0 Å². The monoisotopic (exact) mass is 456 g/mol. The molecule has 3 heterocycles. The summed E-state index contributed by atoms with van der Waals surface area (Å²) in [5.74, 6) is 0.0950. The number of rotatable bonds is 7. The number of nitrogens with zero attached hydrogens (tertiary/aromatic N) is 2. The van der Waals surface area contributed by atoms with Crippen molar-refractivity contribution in [2.24, 2.45) is 0 Å². The number of allylic oxidation sites excluding steroid dienone is 3. The number of anilines is 1. The highest BCUT2D eigenvalue weighted by Gasteiger charge is 2.25. The Kier molecular flexibility index (Phi) is 8.13. The summed E-state index contributed by atoms with van der Waals surface area (Å²) in [6.45, 7) is 5.96. The number of carbonyl (C=O) groups is 2. The number of hydrogen-bond donors (Lipinski definition) is 2. The summed E-state index contributed by atoms with van der Waals surface area (Å²) in [7, 11) is 1.56. The maximum absolute atomic E-state index is 14.3. The Hall–Kier alpha value is -3.30. The van der Waals surface area contributed by atoms with E-state index in [1.54, 1.807) is 43.3 Å². The number of pyridine rings is 1. The van der Waals surface area contributed by atoms with Gasteiger partial charge in [0.15, 0.2) is 17.7 Å². The number of hydrogen-bond acceptors (Lipinski definition) is 6. The standard InChI is InChI=1S/C24H29FN4O4/c1-5-6-17(24(31)26-4)7-9-20(15(2)25)18-11-12-29(32-14-18)13-19-8-10-21-22(27-19)28-23(30)16(3)33-21/h6-11,16H,5,12-14H2,1-4H3,(H,26,31)(H,27,28,30)/b9-7-,17-6-,20-15-. The van der Waals surface area contributed by atoms with E-state index in [0.29, 0.717) is 53.5 Å². The second-order valence-electron chi connectivity index (χ2n) is 7.65. The van der Waals surface area contributed by atoms with Crippen LogP contribution >= 0.6 is 0 Å². The van der Waals surface area contributed by atoms with E-state index in [9.17, 15) is 14.0 Å². The van der Waals surface area contributed by atoms with Crippen molar-refractivity contribution in [2.45, 2.75) is 39.8 Å². The molecule has 2 N–H and O–H groups in total. The highest BCUT2D eigenvalue weighted by atomic mass is 19.1. The van der Waals surface area contributed by atoms with Crippen molar-refractivity contribution in [1.29, 1.82) is 0 Å². The summed E-state index contributed by atoms with van der Waals surface area (Å²) in [6.07, 6.45) is 7.02. The Morgan fingerprint density at radius 3 is 2.82 bits per heavy atom. The number of carbonyl (C=O) groups excluding carboxylic acids is 2. The van der Waals surface area contributed by atoms with Crippen molar-refractivity contribution in [3.8, 4) is 5.75 Å². The van der Waals surface area contributed by atoms with Crippen LogP contribution in [0.25, 0.3) is 0 Å². The van der Waals surface area contributed by atoms with Crippen LogP contribution in [0.4, 0.5) is 10.2 Å². The van der Waals surface area contributed by atoms with Crippen LogP contribution < -0.4 is 15.4 Å².